The summed E-state index contributed by atoms with van der Waals surface area (Å²) in [7, 11) is -3.13. The lowest BCUT2D eigenvalue weighted by Crippen LogP contribution is -2.50. The summed E-state index contributed by atoms with van der Waals surface area (Å²) in [6, 6.07) is 17.9. The molecule has 0 aliphatic heterocycles. The summed E-state index contributed by atoms with van der Waals surface area (Å²) in [6.07, 6.45) is 0. The molecule has 0 saturated carbocycles. The van der Waals surface area contributed by atoms with Crippen molar-refractivity contribution < 1.29 is 4.43 Å². The van der Waals surface area contributed by atoms with Crippen LogP contribution in [0.5, 0.6) is 5.75 Å². The first-order valence-electron chi connectivity index (χ1n) is 10.4. The normalized spacial score (nSPS) is 12.9. The van der Waals surface area contributed by atoms with E-state index in [0.29, 0.717) is 16.6 Å². The molecule has 0 radical (unpaired) electrons. The Hall–Kier alpha value is -1.33. The highest BCUT2D eigenvalue weighted by molar-refractivity contribution is 6.88. The first-order valence-corrected chi connectivity index (χ1v) is 16.0. The van der Waals surface area contributed by atoms with Crippen molar-refractivity contribution >= 4 is 21.6 Å². The van der Waals surface area contributed by atoms with Crippen molar-refractivity contribution in [3.63, 3.8) is 0 Å². The maximum absolute atomic E-state index is 6.79. The van der Waals surface area contributed by atoms with Crippen molar-refractivity contribution in [2.75, 3.05) is 0 Å². The van der Waals surface area contributed by atoms with Crippen LogP contribution in [0, 0.1) is 0 Å². The van der Waals surface area contributed by atoms with Gasteiger partial charge in [0.2, 0.25) is 0 Å². The van der Waals surface area contributed by atoms with Crippen molar-refractivity contribution in [3.8, 4) is 16.9 Å². The lowest BCUT2D eigenvalue weighted by molar-refractivity contribution is 0.480. The third kappa shape index (κ3) is 4.75. The van der Waals surface area contributed by atoms with Gasteiger partial charge in [0.05, 0.1) is 8.07 Å². The van der Waals surface area contributed by atoms with Crippen LogP contribution in [0.3, 0.4) is 0 Å². The van der Waals surface area contributed by atoms with E-state index in [0.717, 1.165) is 5.75 Å². The van der Waals surface area contributed by atoms with Gasteiger partial charge in [-0.3, -0.25) is 0 Å². The van der Waals surface area contributed by atoms with Crippen molar-refractivity contribution in [2.24, 2.45) is 0 Å². The Morgan fingerprint density at radius 2 is 0.963 bits per heavy atom. The summed E-state index contributed by atoms with van der Waals surface area (Å²) < 4.78 is 6.79. The molecule has 0 N–H and O–H groups in total. The largest absolute Gasteiger partial charge is 0.543 e. The molecule has 0 aliphatic carbocycles. The van der Waals surface area contributed by atoms with Gasteiger partial charge in [-0.25, -0.2) is 0 Å². The fraction of sp³-hybridized carbons (Fsp3) is 0.500. The molecule has 0 saturated heterocycles. The van der Waals surface area contributed by atoms with Crippen molar-refractivity contribution in [1.29, 1.82) is 0 Å². The molecule has 0 aliphatic rings. The molecule has 0 heterocycles. The Balaban J connectivity index is 2.26. The van der Waals surface area contributed by atoms with Gasteiger partial charge in [0, 0.05) is 0 Å². The smallest absolute Gasteiger partial charge is 0.258 e. The molecule has 2 rings (SSSR count). The molecule has 0 spiro atoms. The molecule has 0 atom stereocenters. The molecule has 2 aromatic carbocycles. The zero-order chi connectivity index (χ0) is 20.4. The first kappa shape index (κ1) is 22.0. The second-order valence-corrected chi connectivity index (χ2v) is 20.2. The lowest BCUT2D eigenvalue weighted by Gasteiger charge is -2.42. The molecule has 27 heavy (non-hydrogen) atoms. The van der Waals surface area contributed by atoms with Crippen molar-refractivity contribution in [2.45, 2.75) is 77.8 Å². The Morgan fingerprint density at radius 3 is 1.30 bits per heavy atom. The minimum Gasteiger partial charge on any atom is -0.543 e. The maximum Gasteiger partial charge on any atom is 0.258 e. The van der Waals surface area contributed by atoms with Crippen molar-refractivity contribution in [1.82, 2.24) is 0 Å². The third-order valence-corrected chi connectivity index (χ3v) is 14.0. The molecule has 0 fully saturated rings. The maximum atomic E-state index is 6.79. The van der Waals surface area contributed by atoms with Crippen molar-refractivity contribution in [3.05, 3.63) is 48.5 Å². The van der Waals surface area contributed by atoms with Gasteiger partial charge in [-0.1, -0.05) is 103 Å². The van der Waals surface area contributed by atoms with Crippen LogP contribution in [0.2, 0.25) is 36.3 Å². The standard InChI is InChI=1S/C24H38OSi2/c1-18(2)27(19(3)4,20(5)6)25-23-14-10-21(11-15-23)22-12-16-24(17-13-22)26(7,8)9/h10-20H,1-9H3. The van der Waals surface area contributed by atoms with E-state index in [-0.39, 0.29) is 0 Å². The van der Waals surface area contributed by atoms with Crippen LogP contribution in [0.15, 0.2) is 48.5 Å². The summed E-state index contributed by atoms with van der Waals surface area (Å²) in [6.45, 7) is 21.2. The zero-order valence-corrected chi connectivity index (χ0v) is 20.8. The molecule has 0 unspecified atom stereocenters. The molecule has 2 aromatic rings. The predicted octanol–water partition coefficient (Wildman–Crippen LogP) is 7.45. The Labute approximate surface area is 169 Å². The second kappa shape index (κ2) is 8.36. The molecule has 0 amide bonds. The van der Waals surface area contributed by atoms with E-state index in [1.807, 2.05) is 0 Å². The van der Waals surface area contributed by atoms with E-state index in [2.05, 4.69) is 110 Å². The molecular formula is C24H38OSi2. The van der Waals surface area contributed by atoms with E-state index in [4.69, 9.17) is 4.43 Å². The van der Waals surface area contributed by atoms with Crippen LogP contribution in [0.1, 0.15) is 41.5 Å². The molecule has 3 heteroatoms. The molecule has 1 nitrogen and oxygen atoms in total. The topological polar surface area (TPSA) is 9.23 Å². The van der Waals surface area contributed by atoms with Gasteiger partial charge in [0.1, 0.15) is 5.75 Å². The Kier molecular flexibility index (Phi) is 6.80. The zero-order valence-electron chi connectivity index (χ0n) is 18.8. The molecule has 0 aromatic heterocycles. The predicted molar refractivity (Wildman–Crippen MR) is 127 cm³/mol. The fourth-order valence-electron chi connectivity index (χ4n) is 4.44. The van der Waals surface area contributed by atoms with E-state index < -0.39 is 16.4 Å². The van der Waals surface area contributed by atoms with Crippen LogP contribution < -0.4 is 9.61 Å². The SMILES string of the molecule is CC(C)[Si](Oc1ccc(-c2ccc([Si](C)(C)C)cc2)cc1)(C(C)C)C(C)C. The average Bonchev–Trinajstić information content (AvgIpc) is 2.58. The highest BCUT2D eigenvalue weighted by Gasteiger charge is 2.46. The Morgan fingerprint density at radius 1 is 0.593 bits per heavy atom. The number of rotatable bonds is 7. The highest BCUT2D eigenvalue weighted by atomic mass is 28.4. The Bertz CT molecular complexity index is 701. The van der Waals surface area contributed by atoms with Gasteiger partial charge in [0.15, 0.2) is 0 Å². The molecular weight excluding hydrogens is 360 g/mol. The highest BCUT2D eigenvalue weighted by Crippen LogP contribution is 2.42. The van der Waals surface area contributed by atoms with Crippen LogP contribution in [0.25, 0.3) is 11.1 Å². The second-order valence-electron chi connectivity index (χ2n) is 9.77. The van der Waals surface area contributed by atoms with Gasteiger partial charge in [-0.05, 0) is 39.9 Å². The minimum atomic E-state index is -1.89. The van der Waals surface area contributed by atoms with Crippen LogP contribution in [-0.2, 0) is 0 Å². The fourth-order valence-corrected chi connectivity index (χ4v) is 10.9. The average molecular weight is 399 g/mol. The summed E-state index contributed by atoms with van der Waals surface area (Å²) in [4.78, 5) is 0. The van der Waals surface area contributed by atoms with Gasteiger partial charge in [0.25, 0.3) is 8.32 Å². The number of benzene rings is 2. The summed E-state index contributed by atoms with van der Waals surface area (Å²) in [5.41, 5.74) is 4.31. The van der Waals surface area contributed by atoms with Gasteiger partial charge < -0.3 is 4.43 Å². The molecule has 148 valence electrons. The van der Waals surface area contributed by atoms with Crippen LogP contribution >= 0.6 is 0 Å². The number of hydrogen-bond donors (Lipinski definition) is 0. The van der Waals surface area contributed by atoms with Gasteiger partial charge in [-0.15, -0.1) is 0 Å². The van der Waals surface area contributed by atoms with Gasteiger partial charge >= 0.3 is 0 Å². The van der Waals surface area contributed by atoms with Crippen LogP contribution in [0.4, 0.5) is 0 Å². The van der Waals surface area contributed by atoms with Gasteiger partial charge in [-0.2, -0.15) is 0 Å². The monoisotopic (exact) mass is 398 g/mol. The van der Waals surface area contributed by atoms with Crippen LogP contribution in [-0.4, -0.2) is 16.4 Å². The number of hydrogen-bond acceptors (Lipinski definition) is 1. The van der Waals surface area contributed by atoms with E-state index in [1.165, 1.54) is 16.3 Å². The quantitative estimate of drug-likeness (QED) is 0.440. The minimum absolute atomic E-state index is 0.589. The van der Waals surface area contributed by atoms with E-state index >= 15 is 0 Å². The summed E-state index contributed by atoms with van der Waals surface area (Å²) in [5.74, 6) is 1.03. The van der Waals surface area contributed by atoms with E-state index in [9.17, 15) is 0 Å². The summed E-state index contributed by atoms with van der Waals surface area (Å²) in [5, 5.41) is 1.51. The van der Waals surface area contributed by atoms with E-state index in [1.54, 1.807) is 0 Å². The summed E-state index contributed by atoms with van der Waals surface area (Å²) >= 11 is 0. The third-order valence-electron chi connectivity index (χ3n) is 5.94. The molecule has 0 bridgehead atoms. The lowest BCUT2D eigenvalue weighted by atomic mass is 10.1. The first-order chi connectivity index (χ1) is 12.5.